The third kappa shape index (κ3) is 3.78. The van der Waals surface area contributed by atoms with E-state index in [1.807, 2.05) is 29.2 Å². The van der Waals surface area contributed by atoms with Gasteiger partial charge in [0, 0.05) is 18.8 Å². The van der Waals surface area contributed by atoms with E-state index in [1.54, 1.807) is 0 Å². The molecule has 5 nitrogen and oxygen atoms in total. The van der Waals surface area contributed by atoms with Gasteiger partial charge in [-0.25, -0.2) is 0 Å². The summed E-state index contributed by atoms with van der Waals surface area (Å²) in [6.07, 6.45) is 0.655. The molecule has 2 aliphatic rings. The first-order valence-electron chi connectivity index (χ1n) is 8.64. The first kappa shape index (κ1) is 17.0. The summed E-state index contributed by atoms with van der Waals surface area (Å²) >= 11 is 0. The molecule has 3 rings (SSSR count). The lowest BCUT2D eigenvalue weighted by Crippen LogP contribution is -2.42. The van der Waals surface area contributed by atoms with E-state index in [0.717, 1.165) is 5.69 Å². The Kier molecular flexibility index (Phi) is 4.63. The molecule has 5 heteroatoms. The van der Waals surface area contributed by atoms with Crippen LogP contribution < -0.4 is 5.32 Å². The number of hydrogen-bond acceptors (Lipinski definition) is 3. The lowest BCUT2D eigenvalue weighted by atomic mass is 9.87. The van der Waals surface area contributed by atoms with Crippen molar-refractivity contribution < 1.29 is 14.3 Å². The first-order valence-corrected chi connectivity index (χ1v) is 8.64. The van der Waals surface area contributed by atoms with Crippen LogP contribution in [0.5, 0.6) is 0 Å². The number of morpholine rings is 1. The number of amides is 2. The summed E-state index contributed by atoms with van der Waals surface area (Å²) in [6.45, 7) is 8.94. The molecular weight excluding hydrogens is 304 g/mol. The second-order valence-corrected chi connectivity index (χ2v) is 7.70. The maximum absolute atomic E-state index is 12.4. The molecule has 2 unspecified atom stereocenters. The van der Waals surface area contributed by atoms with Crippen LogP contribution in [0.4, 0.5) is 5.69 Å². The zero-order valence-electron chi connectivity index (χ0n) is 14.7. The molecule has 1 aromatic carbocycles. The largest absolute Gasteiger partial charge is 0.378 e. The Bertz CT molecular complexity index is 612. The maximum Gasteiger partial charge on any atom is 0.228 e. The van der Waals surface area contributed by atoms with Crippen molar-refractivity contribution in [3.63, 3.8) is 0 Å². The lowest BCUT2D eigenvalue weighted by Gasteiger charge is -2.27. The number of anilines is 1. The maximum atomic E-state index is 12.4. The molecule has 1 saturated carbocycles. The van der Waals surface area contributed by atoms with Crippen LogP contribution in [-0.4, -0.2) is 43.0 Å². The van der Waals surface area contributed by atoms with Crippen LogP contribution >= 0.6 is 0 Å². The zero-order valence-corrected chi connectivity index (χ0v) is 14.7. The SMILES string of the molecule is CC(C)(C)c1ccc(NC(=O)C2CC2C(=O)N2CCOCC2)cc1. The minimum absolute atomic E-state index is 0.0508. The van der Waals surface area contributed by atoms with Gasteiger partial charge in [0.1, 0.15) is 0 Å². The Hall–Kier alpha value is -1.88. The van der Waals surface area contributed by atoms with Gasteiger partial charge in [-0.05, 0) is 29.5 Å². The van der Waals surface area contributed by atoms with Crippen LogP contribution in [0.15, 0.2) is 24.3 Å². The van der Waals surface area contributed by atoms with Crippen molar-refractivity contribution in [2.45, 2.75) is 32.6 Å². The fourth-order valence-corrected chi connectivity index (χ4v) is 3.06. The van der Waals surface area contributed by atoms with Crippen LogP contribution in [0, 0.1) is 11.8 Å². The zero-order chi connectivity index (χ0) is 17.3. The molecule has 1 aliphatic carbocycles. The molecule has 1 heterocycles. The van der Waals surface area contributed by atoms with E-state index in [4.69, 9.17) is 4.74 Å². The molecule has 130 valence electrons. The number of hydrogen-bond donors (Lipinski definition) is 1. The highest BCUT2D eigenvalue weighted by atomic mass is 16.5. The predicted molar refractivity (Wildman–Crippen MR) is 92.8 cm³/mol. The molecule has 1 N–H and O–H groups in total. The Morgan fingerprint density at radius 3 is 2.29 bits per heavy atom. The molecule has 0 bridgehead atoms. The first-order chi connectivity index (χ1) is 11.4. The normalized spacial score (nSPS) is 23.7. The smallest absolute Gasteiger partial charge is 0.228 e. The molecule has 0 spiro atoms. The molecule has 0 radical (unpaired) electrons. The van der Waals surface area contributed by atoms with Gasteiger partial charge in [0.25, 0.3) is 0 Å². The summed E-state index contributed by atoms with van der Waals surface area (Å²) in [6, 6.07) is 7.94. The third-order valence-electron chi connectivity index (χ3n) is 4.79. The van der Waals surface area contributed by atoms with Crippen LogP contribution in [0.1, 0.15) is 32.8 Å². The second kappa shape index (κ2) is 6.55. The Morgan fingerprint density at radius 1 is 1.08 bits per heavy atom. The topological polar surface area (TPSA) is 58.6 Å². The van der Waals surface area contributed by atoms with Crippen LogP contribution in [0.25, 0.3) is 0 Å². The van der Waals surface area contributed by atoms with Crippen LogP contribution in [-0.2, 0) is 19.7 Å². The van der Waals surface area contributed by atoms with Crippen LogP contribution in [0.2, 0.25) is 0 Å². The molecule has 1 aliphatic heterocycles. The number of carbonyl (C=O) groups is 2. The van der Waals surface area contributed by atoms with E-state index in [-0.39, 0.29) is 29.1 Å². The van der Waals surface area contributed by atoms with E-state index < -0.39 is 0 Å². The standard InChI is InChI=1S/C19H26N2O3/c1-19(2,3)13-4-6-14(7-5-13)20-17(22)15-12-16(15)18(23)21-8-10-24-11-9-21/h4-7,15-16H,8-12H2,1-3H3,(H,20,22). The number of nitrogens with one attached hydrogen (secondary N) is 1. The van der Waals surface area contributed by atoms with Crippen LogP contribution in [0.3, 0.4) is 0 Å². The highest BCUT2D eigenvalue weighted by molar-refractivity contribution is 5.99. The number of carbonyl (C=O) groups excluding carboxylic acids is 2. The number of benzene rings is 1. The fourth-order valence-electron chi connectivity index (χ4n) is 3.06. The van der Waals surface area contributed by atoms with E-state index in [2.05, 4.69) is 26.1 Å². The Morgan fingerprint density at radius 2 is 1.71 bits per heavy atom. The number of rotatable bonds is 3. The van der Waals surface area contributed by atoms with E-state index in [0.29, 0.717) is 32.7 Å². The minimum atomic E-state index is -0.192. The van der Waals surface area contributed by atoms with E-state index in [9.17, 15) is 9.59 Å². The van der Waals surface area contributed by atoms with Crippen molar-refractivity contribution in [2.75, 3.05) is 31.6 Å². The summed E-state index contributed by atoms with van der Waals surface area (Å²) in [7, 11) is 0. The van der Waals surface area contributed by atoms with Gasteiger partial charge in [-0.1, -0.05) is 32.9 Å². The second-order valence-electron chi connectivity index (χ2n) is 7.70. The Labute approximate surface area is 143 Å². The average Bonchev–Trinajstić information content (AvgIpc) is 3.35. The monoisotopic (exact) mass is 330 g/mol. The molecule has 1 saturated heterocycles. The summed E-state index contributed by atoms with van der Waals surface area (Å²) in [5.74, 6) is -0.300. The van der Waals surface area contributed by atoms with Gasteiger partial charge in [-0.2, -0.15) is 0 Å². The molecule has 0 aromatic heterocycles. The van der Waals surface area contributed by atoms with Crippen molar-refractivity contribution in [1.82, 2.24) is 4.90 Å². The number of nitrogens with zero attached hydrogens (tertiary/aromatic N) is 1. The summed E-state index contributed by atoms with van der Waals surface area (Å²) < 4.78 is 5.26. The van der Waals surface area contributed by atoms with Gasteiger partial charge in [0.15, 0.2) is 0 Å². The Balaban J connectivity index is 1.54. The highest BCUT2D eigenvalue weighted by Gasteiger charge is 2.49. The van der Waals surface area contributed by atoms with Crippen molar-refractivity contribution >= 4 is 17.5 Å². The third-order valence-corrected chi connectivity index (χ3v) is 4.79. The average molecular weight is 330 g/mol. The van der Waals surface area contributed by atoms with Gasteiger partial charge in [0.2, 0.25) is 11.8 Å². The molecule has 2 amide bonds. The van der Waals surface area contributed by atoms with Gasteiger partial charge in [0.05, 0.1) is 25.0 Å². The molecule has 1 aromatic rings. The van der Waals surface area contributed by atoms with Gasteiger partial charge >= 0.3 is 0 Å². The van der Waals surface area contributed by atoms with Gasteiger partial charge < -0.3 is 15.0 Å². The predicted octanol–water partition coefficient (Wildman–Crippen LogP) is 2.42. The molecule has 2 atom stereocenters. The molecule has 24 heavy (non-hydrogen) atoms. The summed E-state index contributed by atoms with van der Waals surface area (Å²) in [5, 5.41) is 2.94. The van der Waals surface area contributed by atoms with Crippen molar-refractivity contribution in [3.8, 4) is 0 Å². The fraction of sp³-hybridized carbons (Fsp3) is 0.579. The highest BCUT2D eigenvalue weighted by Crippen LogP contribution is 2.41. The quantitative estimate of drug-likeness (QED) is 0.926. The van der Waals surface area contributed by atoms with Crippen molar-refractivity contribution in [3.05, 3.63) is 29.8 Å². The van der Waals surface area contributed by atoms with E-state index in [1.165, 1.54) is 5.56 Å². The summed E-state index contributed by atoms with van der Waals surface area (Å²) in [4.78, 5) is 26.5. The summed E-state index contributed by atoms with van der Waals surface area (Å²) in [5.41, 5.74) is 2.11. The molecular formula is C19H26N2O3. The van der Waals surface area contributed by atoms with Gasteiger partial charge in [-0.3, -0.25) is 9.59 Å². The lowest BCUT2D eigenvalue weighted by molar-refractivity contribution is -0.137. The minimum Gasteiger partial charge on any atom is -0.378 e. The van der Waals surface area contributed by atoms with E-state index >= 15 is 0 Å². The van der Waals surface area contributed by atoms with Gasteiger partial charge in [-0.15, -0.1) is 0 Å². The number of ether oxygens (including phenoxy) is 1. The van der Waals surface area contributed by atoms with Crippen molar-refractivity contribution in [2.24, 2.45) is 11.8 Å². The van der Waals surface area contributed by atoms with Crippen molar-refractivity contribution in [1.29, 1.82) is 0 Å². The molecule has 2 fully saturated rings.